The topological polar surface area (TPSA) is 58.0 Å². The fourth-order valence-electron chi connectivity index (χ4n) is 1.17. The third kappa shape index (κ3) is 3.85. The van der Waals surface area contributed by atoms with E-state index in [2.05, 4.69) is 15.5 Å². The molecule has 7 heteroatoms. The Morgan fingerprint density at radius 3 is 2.29 bits per heavy atom. The molecule has 17 heavy (non-hydrogen) atoms. The molecule has 1 aromatic heterocycles. The number of aliphatic hydroxyl groups is 1. The van der Waals surface area contributed by atoms with Crippen LogP contribution in [0.5, 0.6) is 0 Å². The molecular weight excluding hydrogens is 235 g/mol. The SMILES string of the molecule is CC(C)[C@@H](CO)Nc1ccc(C(F)(F)F)nn1. The standard InChI is InChI=1S/C10H14F3N3O/c1-6(2)7(5-17)14-9-4-3-8(15-16-9)10(11,12)13/h3-4,6-7,17H,5H2,1-2H3,(H,14,16)/t7-/m1/s1. The van der Waals surface area contributed by atoms with Gasteiger partial charge in [0.25, 0.3) is 0 Å². The number of anilines is 1. The second-order valence-electron chi connectivity index (χ2n) is 3.98. The largest absolute Gasteiger partial charge is 0.435 e. The number of alkyl halides is 3. The van der Waals surface area contributed by atoms with Gasteiger partial charge in [-0.2, -0.15) is 13.2 Å². The average Bonchev–Trinajstić information content (AvgIpc) is 2.25. The lowest BCUT2D eigenvalue weighted by molar-refractivity contribution is -0.141. The summed E-state index contributed by atoms with van der Waals surface area (Å²) in [7, 11) is 0. The van der Waals surface area contributed by atoms with E-state index in [0.717, 1.165) is 6.07 Å². The molecule has 0 aliphatic heterocycles. The van der Waals surface area contributed by atoms with Crippen LogP contribution in [0.4, 0.5) is 19.0 Å². The van der Waals surface area contributed by atoms with Crippen LogP contribution < -0.4 is 5.32 Å². The fraction of sp³-hybridized carbons (Fsp3) is 0.600. The second-order valence-corrected chi connectivity index (χ2v) is 3.98. The van der Waals surface area contributed by atoms with Crippen LogP contribution in [0.2, 0.25) is 0 Å². The first-order valence-electron chi connectivity index (χ1n) is 5.13. The van der Waals surface area contributed by atoms with E-state index in [9.17, 15) is 13.2 Å². The summed E-state index contributed by atoms with van der Waals surface area (Å²) in [5.41, 5.74) is -1.03. The molecule has 0 aromatic carbocycles. The molecule has 1 heterocycles. The molecule has 1 rings (SSSR count). The maximum atomic E-state index is 12.2. The zero-order valence-electron chi connectivity index (χ0n) is 9.49. The highest BCUT2D eigenvalue weighted by Gasteiger charge is 2.32. The summed E-state index contributed by atoms with van der Waals surface area (Å²) in [6.07, 6.45) is -4.49. The van der Waals surface area contributed by atoms with Gasteiger partial charge >= 0.3 is 6.18 Å². The van der Waals surface area contributed by atoms with Crippen molar-refractivity contribution in [1.29, 1.82) is 0 Å². The maximum Gasteiger partial charge on any atom is 0.435 e. The van der Waals surface area contributed by atoms with Crippen LogP contribution in [-0.4, -0.2) is 28.0 Å². The molecule has 0 saturated heterocycles. The first-order valence-corrected chi connectivity index (χ1v) is 5.13. The Morgan fingerprint density at radius 2 is 1.94 bits per heavy atom. The molecule has 0 bridgehead atoms. The fourth-order valence-corrected chi connectivity index (χ4v) is 1.17. The molecule has 0 fully saturated rings. The van der Waals surface area contributed by atoms with Crippen molar-refractivity contribution in [3.63, 3.8) is 0 Å². The number of hydrogen-bond donors (Lipinski definition) is 2. The minimum absolute atomic E-state index is 0.125. The molecule has 0 spiro atoms. The summed E-state index contributed by atoms with van der Waals surface area (Å²) in [6, 6.07) is 1.78. The van der Waals surface area contributed by atoms with Crippen molar-refractivity contribution >= 4 is 5.82 Å². The Morgan fingerprint density at radius 1 is 1.29 bits per heavy atom. The lowest BCUT2D eigenvalue weighted by Gasteiger charge is -2.20. The highest BCUT2D eigenvalue weighted by Crippen LogP contribution is 2.27. The minimum atomic E-state index is -4.49. The van der Waals surface area contributed by atoms with Gasteiger partial charge in [0.15, 0.2) is 5.69 Å². The Balaban J connectivity index is 2.75. The number of hydrogen-bond acceptors (Lipinski definition) is 4. The summed E-state index contributed by atoms with van der Waals surface area (Å²) in [6.45, 7) is 3.64. The highest BCUT2D eigenvalue weighted by molar-refractivity contribution is 5.34. The molecule has 1 atom stereocenters. The lowest BCUT2D eigenvalue weighted by Crippen LogP contribution is -2.30. The van der Waals surface area contributed by atoms with Crippen molar-refractivity contribution in [2.45, 2.75) is 26.1 Å². The van der Waals surface area contributed by atoms with Gasteiger partial charge in [0.2, 0.25) is 0 Å². The molecule has 96 valence electrons. The zero-order valence-corrected chi connectivity index (χ0v) is 9.49. The van der Waals surface area contributed by atoms with Crippen molar-refractivity contribution < 1.29 is 18.3 Å². The molecule has 2 N–H and O–H groups in total. The van der Waals surface area contributed by atoms with Crippen molar-refractivity contribution in [3.8, 4) is 0 Å². The van der Waals surface area contributed by atoms with E-state index < -0.39 is 11.9 Å². The van der Waals surface area contributed by atoms with Crippen molar-refractivity contribution in [3.05, 3.63) is 17.8 Å². The van der Waals surface area contributed by atoms with Crippen LogP contribution in [-0.2, 0) is 6.18 Å². The van der Waals surface area contributed by atoms with Crippen molar-refractivity contribution in [2.75, 3.05) is 11.9 Å². The molecule has 0 saturated carbocycles. The predicted octanol–water partition coefficient (Wildman–Crippen LogP) is 1.92. The number of rotatable bonds is 4. The maximum absolute atomic E-state index is 12.2. The number of aliphatic hydroxyl groups excluding tert-OH is 1. The minimum Gasteiger partial charge on any atom is -0.394 e. The monoisotopic (exact) mass is 249 g/mol. The molecule has 4 nitrogen and oxygen atoms in total. The smallest absolute Gasteiger partial charge is 0.394 e. The van der Waals surface area contributed by atoms with Gasteiger partial charge in [-0.15, -0.1) is 10.2 Å². The highest BCUT2D eigenvalue weighted by atomic mass is 19.4. The van der Waals surface area contributed by atoms with Gasteiger partial charge in [0, 0.05) is 0 Å². The van der Waals surface area contributed by atoms with E-state index in [1.165, 1.54) is 6.07 Å². The normalized spacial score (nSPS) is 13.8. The first kappa shape index (κ1) is 13.7. The quantitative estimate of drug-likeness (QED) is 0.856. The zero-order chi connectivity index (χ0) is 13.1. The summed E-state index contributed by atoms with van der Waals surface area (Å²) in [5.74, 6) is 0.342. The molecule has 0 radical (unpaired) electrons. The van der Waals surface area contributed by atoms with Crippen LogP contribution in [0.25, 0.3) is 0 Å². The summed E-state index contributed by atoms with van der Waals surface area (Å²) >= 11 is 0. The lowest BCUT2D eigenvalue weighted by atomic mass is 10.1. The summed E-state index contributed by atoms with van der Waals surface area (Å²) < 4.78 is 36.6. The molecule has 0 aliphatic rings. The number of halogens is 3. The van der Waals surface area contributed by atoms with Gasteiger partial charge in [0.1, 0.15) is 5.82 Å². The van der Waals surface area contributed by atoms with Crippen LogP contribution in [0.15, 0.2) is 12.1 Å². The predicted molar refractivity (Wildman–Crippen MR) is 56.4 cm³/mol. The van der Waals surface area contributed by atoms with E-state index in [-0.39, 0.29) is 24.4 Å². The van der Waals surface area contributed by atoms with E-state index in [0.29, 0.717) is 0 Å². The van der Waals surface area contributed by atoms with Gasteiger partial charge < -0.3 is 10.4 Å². The molecule has 0 aliphatic carbocycles. The third-order valence-corrected chi connectivity index (χ3v) is 2.29. The number of nitrogens with zero attached hydrogens (tertiary/aromatic N) is 2. The van der Waals surface area contributed by atoms with E-state index in [4.69, 9.17) is 5.11 Å². The molecule has 0 unspecified atom stereocenters. The molecule has 1 aromatic rings. The Kier molecular flexibility index (Phi) is 4.28. The van der Waals surface area contributed by atoms with Gasteiger partial charge in [-0.05, 0) is 18.1 Å². The summed E-state index contributed by atoms with van der Waals surface area (Å²) in [5, 5.41) is 18.4. The second kappa shape index (κ2) is 5.31. The van der Waals surface area contributed by atoms with Crippen molar-refractivity contribution in [2.24, 2.45) is 5.92 Å². The Bertz CT molecular complexity index is 351. The average molecular weight is 249 g/mol. The van der Waals surface area contributed by atoms with Crippen molar-refractivity contribution in [1.82, 2.24) is 10.2 Å². The third-order valence-electron chi connectivity index (χ3n) is 2.29. The van der Waals surface area contributed by atoms with Crippen LogP contribution in [0, 0.1) is 5.92 Å². The van der Waals surface area contributed by atoms with Crippen LogP contribution in [0.3, 0.4) is 0 Å². The Hall–Kier alpha value is -1.37. The Labute approximate surface area is 96.9 Å². The van der Waals surface area contributed by atoms with Crippen LogP contribution >= 0.6 is 0 Å². The van der Waals surface area contributed by atoms with E-state index in [1.54, 1.807) is 0 Å². The molecule has 0 amide bonds. The summed E-state index contributed by atoms with van der Waals surface area (Å²) in [4.78, 5) is 0. The van der Waals surface area contributed by atoms with E-state index in [1.807, 2.05) is 13.8 Å². The van der Waals surface area contributed by atoms with Gasteiger partial charge in [-0.3, -0.25) is 0 Å². The van der Waals surface area contributed by atoms with E-state index >= 15 is 0 Å². The number of aromatic nitrogens is 2. The van der Waals surface area contributed by atoms with Gasteiger partial charge in [-0.25, -0.2) is 0 Å². The number of nitrogens with one attached hydrogen (secondary N) is 1. The van der Waals surface area contributed by atoms with Gasteiger partial charge in [-0.1, -0.05) is 13.8 Å². The first-order chi connectivity index (χ1) is 7.84. The molecular formula is C10H14F3N3O. The van der Waals surface area contributed by atoms with Crippen LogP contribution in [0.1, 0.15) is 19.5 Å². The van der Waals surface area contributed by atoms with Gasteiger partial charge in [0.05, 0.1) is 12.6 Å².